The highest BCUT2D eigenvalue weighted by molar-refractivity contribution is 9.09. The molecule has 1 aromatic heterocycles. The molecule has 0 aliphatic carbocycles. The van der Waals surface area contributed by atoms with Gasteiger partial charge in [-0.25, -0.2) is 4.57 Å². The zero-order valence-corrected chi connectivity index (χ0v) is 13.4. The van der Waals surface area contributed by atoms with Crippen LogP contribution in [0.5, 0.6) is 0 Å². The molecule has 1 aliphatic rings. The fourth-order valence-electron chi connectivity index (χ4n) is 2.50. The molecule has 1 amide bonds. The molecule has 21 heavy (non-hydrogen) atoms. The number of aromatic nitrogens is 1. The first-order valence-corrected chi connectivity index (χ1v) is 7.93. The molecule has 0 atom stereocenters. The van der Waals surface area contributed by atoms with E-state index in [-0.39, 0.29) is 17.8 Å². The van der Waals surface area contributed by atoms with Crippen LogP contribution in [0.1, 0.15) is 23.3 Å². The summed E-state index contributed by atoms with van der Waals surface area (Å²) in [6.45, 7) is 1.90. The highest BCUT2D eigenvalue weighted by atomic mass is 79.9. The summed E-state index contributed by atoms with van der Waals surface area (Å²) in [5.74, 6) is -0.238. The number of halogens is 1. The van der Waals surface area contributed by atoms with Gasteiger partial charge in [0, 0.05) is 24.5 Å². The molecule has 8 heteroatoms. The van der Waals surface area contributed by atoms with Crippen molar-refractivity contribution in [1.29, 1.82) is 0 Å². The first-order valence-electron chi connectivity index (χ1n) is 6.81. The Kier molecular flexibility index (Phi) is 5.35. The van der Waals surface area contributed by atoms with Crippen molar-refractivity contribution in [3.05, 3.63) is 27.9 Å². The van der Waals surface area contributed by atoms with E-state index in [0.29, 0.717) is 25.4 Å². The smallest absolute Gasteiger partial charge is 0.323 e. The summed E-state index contributed by atoms with van der Waals surface area (Å²) in [5, 5.41) is 11.6. The second kappa shape index (κ2) is 7.04. The lowest BCUT2D eigenvalue weighted by molar-refractivity contribution is -0.391. The largest absolute Gasteiger partial charge is 0.377 e. The Morgan fingerprint density at radius 1 is 1.48 bits per heavy atom. The Morgan fingerprint density at radius 2 is 2.14 bits per heavy atom. The fraction of sp³-hybridized carbons (Fsp3) is 0.615. The second-order valence-electron chi connectivity index (χ2n) is 4.94. The number of amides is 1. The van der Waals surface area contributed by atoms with Gasteiger partial charge in [-0.15, -0.1) is 0 Å². The van der Waals surface area contributed by atoms with Gasteiger partial charge in [0.1, 0.15) is 0 Å². The number of alkyl halides is 1. The fourth-order valence-corrected chi connectivity index (χ4v) is 2.68. The van der Waals surface area contributed by atoms with Crippen LogP contribution in [-0.4, -0.2) is 51.4 Å². The summed E-state index contributed by atoms with van der Waals surface area (Å²) in [4.78, 5) is 24.5. The molecular formula is C13H18BrN3O4. The SMILES string of the molecule is Cn1c(C(=O)N2CCC(OCCBr)CC2)ccc1[N+](=O)[O-]. The molecule has 0 bridgehead atoms. The Bertz CT molecular complexity index is 523. The lowest BCUT2D eigenvalue weighted by Crippen LogP contribution is -2.41. The van der Waals surface area contributed by atoms with Gasteiger partial charge >= 0.3 is 5.82 Å². The number of ether oxygens (including phenoxy) is 1. The van der Waals surface area contributed by atoms with E-state index in [4.69, 9.17) is 4.74 Å². The molecular weight excluding hydrogens is 342 g/mol. The standard InChI is InChI=1S/C13H18BrN3O4/c1-15-11(2-3-12(15)17(19)20)13(18)16-7-4-10(5-8-16)21-9-6-14/h2-3,10H,4-9H2,1H3. The van der Waals surface area contributed by atoms with Crippen molar-refractivity contribution in [3.63, 3.8) is 0 Å². The lowest BCUT2D eigenvalue weighted by Gasteiger charge is -2.31. The Morgan fingerprint density at radius 3 is 2.67 bits per heavy atom. The third kappa shape index (κ3) is 3.62. The molecule has 1 aromatic rings. The minimum absolute atomic E-state index is 0.0751. The molecule has 0 radical (unpaired) electrons. The van der Waals surface area contributed by atoms with Crippen molar-refractivity contribution in [3.8, 4) is 0 Å². The molecule has 1 saturated heterocycles. The highest BCUT2D eigenvalue weighted by Crippen LogP contribution is 2.20. The predicted octanol–water partition coefficient (Wildman–Crippen LogP) is 1.95. The first-order chi connectivity index (χ1) is 10.0. The number of likely N-dealkylation sites (tertiary alicyclic amines) is 1. The molecule has 1 fully saturated rings. The van der Waals surface area contributed by atoms with Crippen LogP contribution < -0.4 is 0 Å². The van der Waals surface area contributed by atoms with Crippen LogP contribution >= 0.6 is 15.9 Å². The minimum Gasteiger partial charge on any atom is -0.377 e. The molecule has 116 valence electrons. The van der Waals surface area contributed by atoms with Crippen LogP contribution in [-0.2, 0) is 11.8 Å². The summed E-state index contributed by atoms with van der Waals surface area (Å²) in [7, 11) is 1.54. The van der Waals surface area contributed by atoms with Crippen molar-refractivity contribution < 1.29 is 14.5 Å². The number of piperidine rings is 1. The number of hydrogen-bond donors (Lipinski definition) is 0. The van der Waals surface area contributed by atoms with E-state index in [9.17, 15) is 14.9 Å². The first kappa shape index (κ1) is 16.0. The number of carbonyl (C=O) groups excluding carboxylic acids is 1. The van der Waals surface area contributed by atoms with Gasteiger partial charge in [-0.3, -0.25) is 4.79 Å². The second-order valence-corrected chi connectivity index (χ2v) is 5.74. The molecule has 1 aliphatic heterocycles. The van der Waals surface area contributed by atoms with Gasteiger partial charge in [0.25, 0.3) is 5.91 Å². The molecule has 2 rings (SSSR count). The third-order valence-corrected chi connectivity index (χ3v) is 3.99. The molecule has 0 N–H and O–H groups in total. The maximum atomic E-state index is 12.4. The normalized spacial score (nSPS) is 16.2. The Balaban J connectivity index is 1.97. The van der Waals surface area contributed by atoms with E-state index in [0.717, 1.165) is 18.2 Å². The van der Waals surface area contributed by atoms with Crippen LogP contribution in [0.2, 0.25) is 0 Å². The van der Waals surface area contributed by atoms with E-state index < -0.39 is 4.92 Å². The van der Waals surface area contributed by atoms with Gasteiger partial charge in [-0.2, -0.15) is 0 Å². The van der Waals surface area contributed by atoms with Gasteiger partial charge in [0.2, 0.25) is 0 Å². The van der Waals surface area contributed by atoms with Crippen LogP contribution in [0.25, 0.3) is 0 Å². The summed E-state index contributed by atoms with van der Waals surface area (Å²) in [5.41, 5.74) is 0.349. The van der Waals surface area contributed by atoms with E-state index in [1.165, 1.54) is 23.7 Å². The van der Waals surface area contributed by atoms with Gasteiger partial charge in [-0.1, -0.05) is 15.9 Å². The number of nitro groups is 1. The Hall–Kier alpha value is -1.41. The lowest BCUT2D eigenvalue weighted by atomic mass is 10.1. The maximum absolute atomic E-state index is 12.4. The van der Waals surface area contributed by atoms with E-state index in [2.05, 4.69) is 15.9 Å². The third-order valence-electron chi connectivity index (χ3n) is 3.66. The van der Waals surface area contributed by atoms with Gasteiger partial charge < -0.3 is 19.8 Å². The Labute approximate surface area is 131 Å². The molecule has 0 saturated carbocycles. The molecule has 0 spiro atoms. The molecule has 7 nitrogen and oxygen atoms in total. The van der Waals surface area contributed by atoms with Crippen LogP contribution in [0.4, 0.5) is 5.82 Å². The number of rotatable bonds is 5. The number of nitrogens with zero attached hydrogens (tertiary/aromatic N) is 3. The zero-order valence-electron chi connectivity index (χ0n) is 11.8. The minimum atomic E-state index is -0.489. The topological polar surface area (TPSA) is 77.6 Å². The van der Waals surface area contributed by atoms with Gasteiger partial charge in [0.05, 0.1) is 19.8 Å². The molecule has 0 aromatic carbocycles. The predicted molar refractivity (Wildman–Crippen MR) is 80.7 cm³/mol. The summed E-state index contributed by atoms with van der Waals surface area (Å²) in [6.07, 6.45) is 1.78. The van der Waals surface area contributed by atoms with Crippen LogP contribution in [0.3, 0.4) is 0 Å². The average Bonchev–Trinajstić information content (AvgIpc) is 2.87. The van der Waals surface area contributed by atoms with Crippen molar-refractivity contribution in [1.82, 2.24) is 9.47 Å². The average molecular weight is 360 g/mol. The maximum Gasteiger partial charge on any atom is 0.323 e. The highest BCUT2D eigenvalue weighted by Gasteiger charge is 2.28. The summed E-state index contributed by atoms with van der Waals surface area (Å²) < 4.78 is 6.97. The van der Waals surface area contributed by atoms with Crippen molar-refractivity contribution in [2.45, 2.75) is 18.9 Å². The van der Waals surface area contributed by atoms with Crippen molar-refractivity contribution in [2.24, 2.45) is 7.05 Å². The van der Waals surface area contributed by atoms with Gasteiger partial charge in [-0.05, 0) is 23.8 Å². The summed E-state index contributed by atoms with van der Waals surface area (Å²) in [6, 6.07) is 2.87. The van der Waals surface area contributed by atoms with E-state index in [1.807, 2.05) is 0 Å². The van der Waals surface area contributed by atoms with Crippen LogP contribution in [0, 0.1) is 10.1 Å². The van der Waals surface area contributed by atoms with Gasteiger partial charge in [0.15, 0.2) is 5.69 Å². The quantitative estimate of drug-likeness (QED) is 0.457. The van der Waals surface area contributed by atoms with Crippen LogP contribution in [0.15, 0.2) is 12.1 Å². The summed E-state index contributed by atoms with van der Waals surface area (Å²) >= 11 is 3.32. The van der Waals surface area contributed by atoms with E-state index >= 15 is 0 Å². The van der Waals surface area contributed by atoms with Crippen molar-refractivity contribution >= 4 is 27.7 Å². The molecule has 2 heterocycles. The monoisotopic (exact) mass is 359 g/mol. The van der Waals surface area contributed by atoms with Crippen molar-refractivity contribution in [2.75, 3.05) is 25.0 Å². The number of hydrogen-bond acceptors (Lipinski definition) is 4. The van der Waals surface area contributed by atoms with E-state index in [1.54, 1.807) is 4.90 Å². The number of carbonyl (C=O) groups is 1. The zero-order chi connectivity index (χ0) is 15.4. The molecule has 0 unspecified atom stereocenters.